The average Bonchev–Trinajstić information content (AvgIpc) is 2.38. The Bertz CT molecular complexity index is 538. The van der Waals surface area contributed by atoms with Crippen LogP contribution in [0.15, 0.2) is 58.7 Å². The van der Waals surface area contributed by atoms with E-state index in [1.165, 1.54) is 24.6 Å². The Morgan fingerprint density at radius 1 is 0.667 bits per heavy atom. The highest BCUT2D eigenvalue weighted by atomic mass is 19.1. The highest BCUT2D eigenvalue weighted by Crippen LogP contribution is 2.04. The van der Waals surface area contributed by atoms with Crippen molar-refractivity contribution in [1.82, 2.24) is 0 Å². The van der Waals surface area contributed by atoms with Crippen molar-refractivity contribution in [2.75, 3.05) is 0 Å². The van der Waals surface area contributed by atoms with E-state index >= 15 is 0 Å². The first-order chi connectivity index (χ1) is 8.77. The van der Waals surface area contributed by atoms with E-state index in [1.807, 2.05) is 0 Å². The molecule has 0 aromatic heterocycles. The van der Waals surface area contributed by atoms with Crippen molar-refractivity contribution < 1.29 is 8.78 Å². The molecular weight excluding hydrogens is 234 g/mol. The summed E-state index contributed by atoms with van der Waals surface area (Å²) in [5.41, 5.74) is 0.673. The minimum absolute atomic E-state index is 0.336. The van der Waals surface area contributed by atoms with Gasteiger partial charge >= 0.3 is 0 Å². The summed E-state index contributed by atoms with van der Waals surface area (Å²) >= 11 is 0. The number of rotatable bonds is 3. The lowest BCUT2D eigenvalue weighted by molar-refractivity contribution is 0.625. The molecule has 0 atom stereocenters. The van der Waals surface area contributed by atoms with Crippen molar-refractivity contribution in [3.05, 3.63) is 71.3 Å². The van der Waals surface area contributed by atoms with Crippen molar-refractivity contribution in [3.63, 3.8) is 0 Å². The molecule has 0 fully saturated rings. The minimum Gasteiger partial charge on any atom is -0.206 e. The molecule has 0 aliphatic carbocycles. The van der Waals surface area contributed by atoms with E-state index in [0.717, 1.165) is 0 Å². The van der Waals surface area contributed by atoms with Gasteiger partial charge in [0.05, 0.1) is 12.4 Å². The minimum atomic E-state index is -0.373. The van der Waals surface area contributed by atoms with Gasteiger partial charge in [-0.3, -0.25) is 0 Å². The van der Waals surface area contributed by atoms with E-state index < -0.39 is 0 Å². The van der Waals surface area contributed by atoms with E-state index in [4.69, 9.17) is 0 Å². The number of nitrogens with zero attached hydrogens (tertiary/aromatic N) is 2. The van der Waals surface area contributed by atoms with E-state index in [-0.39, 0.29) is 11.6 Å². The maximum Gasteiger partial charge on any atom is 0.132 e. The Balaban J connectivity index is 2.08. The zero-order valence-corrected chi connectivity index (χ0v) is 9.42. The van der Waals surface area contributed by atoms with Gasteiger partial charge in [0.15, 0.2) is 0 Å². The molecule has 2 nitrogen and oxygen atoms in total. The molecule has 0 saturated heterocycles. The maximum absolute atomic E-state index is 13.2. The molecule has 0 unspecified atom stereocenters. The predicted molar refractivity (Wildman–Crippen MR) is 68.0 cm³/mol. The van der Waals surface area contributed by atoms with Crippen molar-refractivity contribution in [1.29, 1.82) is 0 Å². The average molecular weight is 244 g/mol. The summed E-state index contributed by atoms with van der Waals surface area (Å²) in [5, 5.41) is 7.35. The van der Waals surface area contributed by atoms with Crippen LogP contribution >= 0.6 is 0 Å². The van der Waals surface area contributed by atoms with E-state index in [9.17, 15) is 8.78 Å². The zero-order valence-electron chi connectivity index (χ0n) is 9.42. The van der Waals surface area contributed by atoms with Gasteiger partial charge in [0.1, 0.15) is 11.6 Å². The molecule has 4 heteroatoms. The lowest BCUT2D eigenvalue weighted by atomic mass is 10.2. The molecule has 90 valence electrons. The number of hydrogen-bond donors (Lipinski definition) is 0. The van der Waals surface area contributed by atoms with Crippen LogP contribution in [0.1, 0.15) is 11.1 Å². The first-order valence-corrected chi connectivity index (χ1v) is 5.33. The first-order valence-electron chi connectivity index (χ1n) is 5.33. The molecule has 18 heavy (non-hydrogen) atoms. The van der Waals surface area contributed by atoms with Crippen molar-refractivity contribution in [3.8, 4) is 0 Å². The van der Waals surface area contributed by atoms with Gasteiger partial charge in [-0.2, -0.15) is 10.2 Å². The number of hydrogen-bond acceptors (Lipinski definition) is 2. The predicted octanol–water partition coefficient (Wildman–Crippen LogP) is 3.42. The molecule has 0 radical (unpaired) electrons. The summed E-state index contributed by atoms with van der Waals surface area (Å²) in [5.74, 6) is -0.746. The Labute approximate surface area is 103 Å². The van der Waals surface area contributed by atoms with Crippen LogP contribution in [0.3, 0.4) is 0 Å². The quantitative estimate of drug-likeness (QED) is 0.584. The third-order valence-corrected chi connectivity index (χ3v) is 2.27. The summed E-state index contributed by atoms with van der Waals surface area (Å²) in [7, 11) is 0. The molecule has 0 aliphatic heterocycles. The van der Waals surface area contributed by atoms with Gasteiger partial charge in [-0.1, -0.05) is 36.4 Å². The lowest BCUT2D eigenvalue weighted by Crippen LogP contribution is -1.87. The summed E-state index contributed by atoms with van der Waals surface area (Å²) < 4.78 is 26.4. The van der Waals surface area contributed by atoms with E-state index in [1.54, 1.807) is 36.4 Å². The van der Waals surface area contributed by atoms with Crippen LogP contribution in [0.5, 0.6) is 0 Å². The van der Waals surface area contributed by atoms with E-state index in [0.29, 0.717) is 11.1 Å². The van der Waals surface area contributed by atoms with Gasteiger partial charge in [-0.25, -0.2) is 8.78 Å². The van der Waals surface area contributed by atoms with Crippen LogP contribution in [-0.2, 0) is 0 Å². The molecular formula is C14H10F2N2. The summed E-state index contributed by atoms with van der Waals surface area (Å²) in [6.07, 6.45) is 2.57. The van der Waals surface area contributed by atoms with Gasteiger partial charge < -0.3 is 0 Å². The highest BCUT2D eigenvalue weighted by molar-refractivity contribution is 5.82. The number of benzene rings is 2. The fourth-order valence-corrected chi connectivity index (χ4v) is 1.35. The molecule has 0 N–H and O–H groups in total. The summed E-state index contributed by atoms with van der Waals surface area (Å²) in [6, 6.07) is 12.4. The normalized spacial score (nSPS) is 11.4. The van der Waals surface area contributed by atoms with Crippen molar-refractivity contribution in [2.45, 2.75) is 0 Å². The fraction of sp³-hybridized carbons (Fsp3) is 0. The van der Waals surface area contributed by atoms with Crippen molar-refractivity contribution >= 4 is 12.4 Å². The summed E-state index contributed by atoms with van der Waals surface area (Å²) in [6.45, 7) is 0. The molecule has 0 bridgehead atoms. The second kappa shape index (κ2) is 5.82. The van der Waals surface area contributed by atoms with Gasteiger partial charge in [0, 0.05) is 11.1 Å². The van der Waals surface area contributed by atoms with Crippen LogP contribution in [0.25, 0.3) is 0 Å². The Morgan fingerprint density at radius 2 is 1.06 bits per heavy atom. The van der Waals surface area contributed by atoms with E-state index in [2.05, 4.69) is 10.2 Å². The Morgan fingerprint density at radius 3 is 1.44 bits per heavy atom. The van der Waals surface area contributed by atoms with Gasteiger partial charge in [0.2, 0.25) is 0 Å². The van der Waals surface area contributed by atoms with Gasteiger partial charge in [-0.15, -0.1) is 0 Å². The summed E-state index contributed by atoms with van der Waals surface area (Å²) in [4.78, 5) is 0. The van der Waals surface area contributed by atoms with Crippen LogP contribution < -0.4 is 0 Å². The second-order valence-electron chi connectivity index (χ2n) is 3.53. The highest BCUT2D eigenvalue weighted by Gasteiger charge is 1.96. The smallest absolute Gasteiger partial charge is 0.132 e. The largest absolute Gasteiger partial charge is 0.206 e. The SMILES string of the molecule is Fc1ccccc1/C=N/N=C/c1ccccc1F. The van der Waals surface area contributed by atoms with Crippen LogP contribution in [0.2, 0.25) is 0 Å². The second-order valence-corrected chi connectivity index (χ2v) is 3.53. The Kier molecular flexibility index (Phi) is 3.91. The van der Waals surface area contributed by atoms with Crippen LogP contribution in [-0.4, -0.2) is 12.4 Å². The lowest BCUT2D eigenvalue weighted by Gasteiger charge is -1.93. The standard InChI is InChI=1S/C14H10F2N2/c15-13-7-3-1-5-11(13)9-17-18-10-12-6-2-4-8-14(12)16/h1-10H/b17-9+,18-10+. The molecule has 2 aromatic carbocycles. The van der Waals surface area contributed by atoms with Gasteiger partial charge in [0.25, 0.3) is 0 Å². The number of halogens is 2. The van der Waals surface area contributed by atoms with Crippen LogP contribution in [0.4, 0.5) is 8.78 Å². The molecule has 2 rings (SSSR count). The molecule has 0 amide bonds. The fourth-order valence-electron chi connectivity index (χ4n) is 1.35. The first kappa shape index (κ1) is 12.1. The molecule has 2 aromatic rings. The molecule has 0 aliphatic rings. The third kappa shape index (κ3) is 3.07. The zero-order chi connectivity index (χ0) is 12.8. The monoisotopic (exact) mass is 244 g/mol. The molecule has 0 saturated carbocycles. The van der Waals surface area contributed by atoms with Crippen LogP contribution in [0, 0.1) is 11.6 Å². The third-order valence-electron chi connectivity index (χ3n) is 2.27. The molecule has 0 spiro atoms. The Hall–Kier alpha value is -2.36. The van der Waals surface area contributed by atoms with Gasteiger partial charge in [-0.05, 0) is 12.1 Å². The molecule has 0 heterocycles. The maximum atomic E-state index is 13.2. The van der Waals surface area contributed by atoms with Crippen molar-refractivity contribution in [2.24, 2.45) is 10.2 Å². The topological polar surface area (TPSA) is 24.7 Å².